The van der Waals surface area contributed by atoms with Crippen molar-refractivity contribution >= 4 is 48.8 Å². The molecule has 0 spiro atoms. The number of anilines is 1. The zero-order chi connectivity index (χ0) is 28.4. The lowest BCUT2D eigenvalue weighted by Gasteiger charge is -2.34. The van der Waals surface area contributed by atoms with Gasteiger partial charge >= 0.3 is 0 Å². The third kappa shape index (κ3) is 5.94. The molecule has 208 valence electrons. The lowest BCUT2D eigenvalue weighted by atomic mass is 9.94. The molecule has 1 aliphatic heterocycles. The lowest BCUT2D eigenvalue weighted by Crippen LogP contribution is -2.42. The van der Waals surface area contributed by atoms with Gasteiger partial charge in [-0.25, -0.2) is 13.4 Å². The quantitative estimate of drug-likeness (QED) is 0.200. The van der Waals surface area contributed by atoms with E-state index in [2.05, 4.69) is 23.9 Å². The fraction of sp³-hybridized carbons (Fsp3) is 0.300. The second kappa shape index (κ2) is 11.5. The van der Waals surface area contributed by atoms with Gasteiger partial charge in [0, 0.05) is 18.7 Å². The van der Waals surface area contributed by atoms with Gasteiger partial charge in [0.1, 0.15) is 5.75 Å². The maximum absolute atomic E-state index is 13.8. The first-order valence-electron chi connectivity index (χ1n) is 13.1. The number of sulfonamides is 1. The monoisotopic (exact) mass is 576 g/mol. The summed E-state index contributed by atoms with van der Waals surface area (Å²) in [7, 11) is -2.06. The predicted molar refractivity (Wildman–Crippen MR) is 160 cm³/mol. The number of aryl methyl sites for hydroxylation is 1. The second-order valence-electron chi connectivity index (χ2n) is 10.4. The zero-order valence-corrected chi connectivity index (χ0v) is 24.6. The number of rotatable bonds is 7. The van der Waals surface area contributed by atoms with E-state index >= 15 is 0 Å². The van der Waals surface area contributed by atoms with Gasteiger partial charge in [-0.05, 0) is 73.2 Å². The van der Waals surface area contributed by atoms with E-state index in [0.717, 1.165) is 27.8 Å². The number of fused-ring (bicyclic) bond motifs is 1. The highest BCUT2D eigenvalue weighted by atomic mass is 32.2. The third-order valence-corrected chi connectivity index (χ3v) is 9.77. The van der Waals surface area contributed by atoms with Crippen molar-refractivity contribution in [3.8, 4) is 5.75 Å². The van der Waals surface area contributed by atoms with Gasteiger partial charge in [0.25, 0.3) is 5.91 Å². The highest BCUT2D eigenvalue weighted by Gasteiger charge is 2.32. The molecule has 0 aliphatic carbocycles. The number of methoxy groups -OCH3 is 1. The number of carbonyl (C=O) groups is 1. The van der Waals surface area contributed by atoms with Crippen LogP contribution in [0.2, 0.25) is 0 Å². The van der Waals surface area contributed by atoms with Gasteiger partial charge in [-0.15, -0.1) is 0 Å². The number of nitrogens with zero attached hydrogens (tertiary/aromatic N) is 4. The Kier molecular flexibility index (Phi) is 8.02. The molecule has 10 heteroatoms. The summed E-state index contributed by atoms with van der Waals surface area (Å²) in [5.41, 5.74) is 2.97. The van der Waals surface area contributed by atoms with Crippen LogP contribution in [-0.4, -0.2) is 50.0 Å². The van der Waals surface area contributed by atoms with Crippen molar-refractivity contribution in [1.29, 1.82) is 0 Å². The highest BCUT2D eigenvalue weighted by Crippen LogP contribution is 2.33. The predicted octanol–water partition coefficient (Wildman–Crippen LogP) is 5.96. The first-order valence-corrected chi connectivity index (χ1v) is 15.4. The van der Waals surface area contributed by atoms with Crippen molar-refractivity contribution in [3.63, 3.8) is 0 Å². The van der Waals surface area contributed by atoms with Crippen LogP contribution < -0.4 is 9.75 Å². The van der Waals surface area contributed by atoms with Crippen LogP contribution in [0.25, 0.3) is 10.2 Å². The van der Waals surface area contributed by atoms with Crippen molar-refractivity contribution in [2.75, 3.05) is 25.2 Å². The van der Waals surface area contributed by atoms with E-state index in [4.69, 9.17) is 4.74 Å². The molecule has 0 saturated carbocycles. The number of hydrogen-bond donors (Lipinski definition) is 0. The van der Waals surface area contributed by atoms with Crippen molar-refractivity contribution in [3.05, 3.63) is 83.4 Å². The SMILES string of the molecule is COc1ccc2nc(N(/N=C/c3ccc(C)cc3)C(=O)c3ccc(S(=O)(=O)N4CC(C)CC(C)C4)cc3)sc2c1. The van der Waals surface area contributed by atoms with Gasteiger partial charge in [0.15, 0.2) is 0 Å². The van der Waals surface area contributed by atoms with Crippen molar-refractivity contribution in [2.24, 2.45) is 16.9 Å². The molecular formula is C30H32N4O4S2. The molecule has 1 amide bonds. The summed E-state index contributed by atoms with van der Waals surface area (Å²) in [5.74, 6) is 0.873. The van der Waals surface area contributed by atoms with Gasteiger partial charge in [0.2, 0.25) is 15.2 Å². The average molecular weight is 577 g/mol. The van der Waals surface area contributed by atoms with Gasteiger partial charge in [-0.2, -0.15) is 14.4 Å². The Labute approximate surface area is 239 Å². The van der Waals surface area contributed by atoms with E-state index in [1.165, 1.54) is 40.6 Å². The maximum Gasteiger partial charge on any atom is 0.280 e. The van der Waals surface area contributed by atoms with Gasteiger partial charge < -0.3 is 4.74 Å². The van der Waals surface area contributed by atoms with E-state index in [9.17, 15) is 13.2 Å². The molecular weight excluding hydrogens is 544 g/mol. The first kappa shape index (κ1) is 27.9. The number of benzene rings is 3. The molecule has 0 N–H and O–H groups in total. The van der Waals surface area contributed by atoms with Crippen LogP contribution in [0, 0.1) is 18.8 Å². The fourth-order valence-corrected chi connectivity index (χ4v) is 7.55. The van der Waals surface area contributed by atoms with Crippen molar-refractivity contribution < 1.29 is 17.9 Å². The first-order chi connectivity index (χ1) is 19.1. The molecule has 3 aromatic carbocycles. The normalized spacial score (nSPS) is 18.3. The summed E-state index contributed by atoms with van der Waals surface area (Å²) in [5, 5.41) is 6.17. The number of hydrogen-bond acceptors (Lipinski definition) is 7. The molecule has 40 heavy (non-hydrogen) atoms. The summed E-state index contributed by atoms with van der Waals surface area (Å²) < 4.78 is 34.4. The zero-order valence-electron chi connectivity index (χ0n) is 22.9. The smallest absolute Gasteiger partial charge is 0.280 e. The molecule has 0 radical (unpaired) electrons. The molecule has 2 atom stereocenters. The number of carbonyl (C=O) groups excluding carboxylic acids is 1. The minimum atomic E-state index is -3.66. The summed E-state index contributed by atoms with van der Waals surface area (Å²) >= 11 is 1.32. The Bertz CT molecular complexity index is 1640. The lowest BCUT2D eigenvalue weighted by molar-refractivity contribution is 0.0987. The summed E-state index contributed by atoms with van der Waals surface area (Å²) in [6, 6.07) is 19.4. The fourth-order valence-electron chi connectivity index (χ4n) is 4.92. The topological polar surface area (TPSA) is 92.2 Å². The van der Waals surface area contributed by atoms with E-state index in [0.29, 0.717) is 41.4 Å². The molecule has 2 heterocycles. The summed E-state index contributed by atoms with van der Waals surface area (Å²) in [4.78, 5) is 18.6. The van der Waals surface area contributed by atoms with Crippen molar-refractivity contribution in [1.82, 2.24) is 9.29 Å². The van der Waals surface area contributed by atoms with Crippen LogP contribution >= 0.6 is 11.3 Å². The van der Waals surface area contributed by atoms with Crippen LogP contribution in [0.15, 0.2) is 76.7 Å². The molecule has 2 unspecified atom stereocenters. The Morgan fingerprint density at radius 1 is 1.05 bits per heavy atom. The van der Waals surface area contributed by atoms with Gasteiger partial charge in [-0.3, -0.25) is 4.79 Å². The number of piperidine rings is 1. The van der Waals surface area contributed by atoms with Gasteiger partial charge in [0.05, 0.1) is 28.4 Å². The number of amides is 1. The van der Waals surface area contributed by atoms with Crippen LogP contribution in [-0.2, 0) is 10.0 Å². The largest absolute Gasteiger partial charge is 0.497 e. The third-order valence-electron chi connectivity index (χ3n) is 6.93. The molecule has 1 saturated heterocycles. The summed E-state index contributed by atoms with van der Waals surface area (Å²) in [6.07, 6.45) is 2.62. The molecule has 1 fully saturated rings. The second-order valence-corrected chi connectivity index (χ2v) is 13.3. The molecule has 0 bridgehead atoms. The van der Waals surface area contributed by atoms with Crippen LogP contribution in [0.3, 0.4) is 0 Å². The number of aromatic nitrogens is 1. The molecule has 1 aliphatic rings. The average Bonchev–Trinajstić information content (AvgIpc) is 3.36. The minimum absolute atomic E-state index is 0.173. The van der Waals surface area contributed by atoms with E-state index in [1.54, 1.807) is 17.6 Å². The standard InChI is InChI=1S/C30H32N4O4S2/c1-20-5-7-23(8-6-20)17-31-34(30-32-27-14-11-25(38-4)16-28(27)39-30)29(35)24-9-12-26(13-10-24)40(36,37)33-18-21(2)15-22(3)19-33/h5-14,16-17,21-22H,15,18-19H2,1-4H3/b31-17+. The van der Waals surface area contributed by atoms with Gasteiger partial charge in [-0.1, -0.05) is 55.0 Å². The minimum Gasteiger partial charge on any atom is -0.497 e. The van der Waals surface area contributed by atoms with Crippen molar-refractivity contribution in [2.45, 2.75) is 32.1 Å². The van der Waals surface area contributed by atoms with E-state index < -0.39 is 15.9 Å². The number of thiazole rings is 1. The Hall–Kier alpha value is -3.60. The Morgan fingerprint density at radius 2 is 1.73 bits per heavy atom. The van der Waals surface area contributed by atoms with Crippen LogP contribution in [0.5, 0.6) is 5.75 Å². The number of hydrazone groups is 1. The van der Waals surface area contributed by atoms with E-state index in [1.807, 2.05) is 49.4 Å². The molecule has 8 nitrogen and oxygen atoms in total. The van der Waals surface area contributed by atoms with Crippen LogP contribution in [0.4, 0.5) is 5.13 Å². The molecule has 1 aromatic heterocycles. The molecule has 4 aromatic rings. The Balaban J connectivity index is 1.47. The summed E-state index contributed by atoms with van der Waals surface area (Å²) in [6.45, 7) is 7.14. The van der Waals surface area contributed by atoms with Crippen LogP contribution in [0.1, 0.15) is 41.8 Å². The van der Waals surface area contributed by atoms with E-state index in [-0.39, 0.29) is 4.90 Å². The Morgan fingerprint density at radius 3 is 2.38 bits per heavy atom. The molecule has 5 rings (SSSR count). The maximum atomic E-state index is 13.8. The highest BCUT2D eigenvalue weighted by molar-refractivity contribution is 7.89. The number of ether oxygens (including phenoxy) is 1.